The van der Waals surface area contributed by atoms with Crippen LogP contribution in [0.3, 0.4) is 0 Å². The van der Waals surface area contributed by atoms with Gasteiger partial charge >= 0.3 is 0 Å². The minimum absolute atomic E-state index is 0.0481. The van der Waals surface area contributed by atoms with E-state index in [0.29, 0.717) is 16.6 Å². The van der Waals surface area contributed by atoms with Crippen molar-refractivity contribution < 1.29 is 8.42 Å². The molecule has 3 rings (SSSR count). The zero-order valence-electron chi connectivity index (χ0n) is 16.3. The number of nitrogens with one attached hydrogen (secondary N) is 2. The number of para-hydroxylation sites is 1. The highest BCUT2D eigenvalue weighted by atomic mass is 32.2. The molecule has 2 aromatic carbocycles. The number of aryl methyl sites for hydroxylation is 1. The van der Waals surface area contributed by atoms with Crippen molar-refractivity contribution in [2.75, 3.05) is 17.2 Å². The quantitative estimate of drug-likeness (QED) is 0.695. The highest BCUT2D eigenvalue weighted by Crippen LogP contribution is 2.26. The maximum absolute atomic E-state index is 12.9. The third-order valence-corrected chi connectivity index (χ3v) is 7.34. The van der Waals surface area contributed by atoms with E-state index in [1.807, 2.05) is 25.1 Å². The lowest BCUT2D eigenvalue weighted by molar-refractivity contribution is 0.268. The largest absolute Gasteiger partial charge is 0.332 e. The average molecular weight is 418 g/mol. The molecule has 1 aliphatic rings. The Balaban J connectivity index is 1.68. The Bertz CT molecular complexity index is 927. The second kappa shape index (κ2) is 9.03. The molecule has 1 atom stereocenters. The van der Waals surface area contributed by atoms with Crippen LogP contribution in [0.25, 0.3) is 0 Å². The minimum Gasteiger partial charge on any atom is -0.332 e. The summed E-state index contributed by atoms with van der Waals surface area (Å²) in [7, 11) is -3.46. The van der Waals surface area contributed by atoms with E-state index in [2.05, 4.69) is 23.6 Å². The Labute approximate surface area is 173 Å². The lowest BCUT2D eigenvalue weighted by atomic mass is 10.1. The highest BCUT2D eigenvalue weighted by Gasteiger charge is 2.30. The van der Waals surface area contributed by atoms with Crippen LogP contribution in [0, 0.1) is 0 Å². The van der Waals surface area contributed by atoms with Crippen molar-refractivity contribution >= 4 is 38.7 Å². The van der Waals surface area contributed by atoms with Crippen LogP contribution in [0.15, 0.2) is 53.4 Å². The average Bonchev–Trinajstić information content (AvgIpc) is 2.69. The molecule has 0 saturated carbocycles. The number of rotatable bonds is 5. The summed E-state index contributed by atoms with van der Waals surface area (Å²) in [6, 6.07) is 14.8. The van der Waals surface area contributed by atoms with E-state index >= 15 is 0 Å². The normalized spacial score (nSPS) is 17.9. The molecule has 0 aromatic heterocycles. The van der Waals surface area contributed by atoms with Gasteiger partial charge in [-0.3, -0.25) is 0 Å². The number of hydrogen-bond acceptors (Lipinski definition) is 3. The van der Waals surface area contributed by atoms with Crippen molar-refractivity contribution in [3.05, 3.63) is 54.1 Å². The fraction of sp³-hybridized carbons (Fsp3) is 0.381. The van der Waals surface area contributed by atoms with Crippen LogP contribution in [0.2, 0.25) is 0 Å². The number of hydrogen-bond donors (Lipinski definition) is 2. The van der Waals surface area contributed by atoms with Crippen LogP contribution in [-0.4, -0.2) is 30.4 Å². The molecular formula is C21H27N3O2S2. The number of nitrogens with zero attached hydrogens (tertiary/aromatic N) is 1. The van der Waals surface area contributed by atoms with Gasteiger partial charge in [-0.05, 0) is 74.3 Å². The van der Waals surface area contributed by atoms with Gasteiger partial charge < -0.3 is 10.6 Å². The smallest absolute Gasteiger partial charge is 0.243 e. The van der Waals surface area contributed by atoms with Gasteiger partial charge in [0.25, 0.3) is 0 Å². The molecule has 0 amide bonds. The summed E-state index contributed by atoms with van der Waals surface area (Å²) >= 11 is 5.40. The SMILES string of the molecule is CCc1ccccc1NC(=S)Nc1ccc(S(=O)(=O)N2CCCCC2C)cc1. The van der Waals surface area contributed by atoms with Gasteiger partial charge in [0, 0.05) is 24.0 Å². The van der Waals surface area contributed by atoms with Crippen molar-refractivity contribution in [3.8, 4) is 0 Å². The van der Waals surface area contributed by atoms with Crippen molar-refractivity contribution in [2.24, 2.45) is 0 Å². The summed E-state index contributed by atoms with van der Waals surface area (Å²) in [6.45, 7) is 4.67. The van der Waals surface area contributed by atoms with Crippen LogP contribution < -0.4 is 10.6 Å². The highest BCUT2D eigenvalue weighted by molar-refractivity contribution is 7.89. The third kappa shape index (κ3) is 4.71. The van der Waals surface area contributed by atoms with E-state index in [4.69, 9.17) is 12.2 Å². The van der Waals surface area contributed by atoms with Crippen LogP contribution in [0.4, 0.5) is 11.4 Å². The van der Waals surface area contributed by atoms with E-state index in [9.17, 15) is 8.42 Å². The molecule has 150 valence electrons. The Morgan fingerprint density at radius 2 is 1.82 bits per heavy atom. The number of benzene rings is 2. The van der Waals surface area contributed by atoms with E-state index in [1.54, 1.807) is 28.6 Å². The van der Waals surface area contributed by atoms with Crippen molar-refractivity contribution in [2.45, 2.75) is 50.5 Å². The van der Waals surface area contributed by atoms with Gasteiger partial charge in [-0.2, -0.15) is 4.31 Å². The van der Waals surface area contributed by atoms with E-state index in [0.717, 1.165) is 37.1 Å². The topological polar surface area (TPSA) is 61.4 Å². The first-order valence-corrected chi connectivity index (χ1v) is 11.5. The summed E-state index contributed by atoms with van der Waals surface area (Å²) in [5, 5.41) is 6.80. The Hall–Kier alpha value is -1.96. The predicted octanol–water partition coefficient (Wildman–Crippen LogP) is 4.62. The maximum atomic E-state index is 12.9. The molecule has 2 N–H and O–H groups in total. The van der Waals surface area contributed by atoms with Crippen LogP contribution in [0.5, 0.6) is 0 Å². The molecule has 5 nitrogen and oxygen atoms in total. The maximum Gasteiger partial charge on any atom is 0.243 e. The molecule has 28 heavy (non-hydrogen) atoms. The molecule has 0 bridgehead atoms. The number of thiocarbonyl (C=S) groups is 1. The van der Waals surface area contributed by atoms with Gasteiger partial charge in [0.1, 0.15) is 0 Å². The van der Waals surface area contributed by atoms with Gasteiger partial charge in [0.05, 0.1) is 4.90 Å². The minimum atomic E-state index is -3.46. The first kappa shape index (κ1) is 20.8. The number of piperidine rings is 1. The lowest BCUT2D eigenvalue weighted by Gasteiger charge is -2.32. The molecular weight excluding hydrogens is 390 g/mol. The Morgan fingerprint density at radius 1 is 1.11 bits per heavy atom. The first-order chi connectivity index (χ1) is 13.4. The summed E-state index contributed by atoms with van der Waals surface area (Å²) in [5.41, 5.74) is 2.90. The van der Waals surface area contributed by atoms with Crippen molar-refractivity contribution in [3.63, 3.8) is 0 Å². The fourth-order valence-electron chi connectivity index (χ4n) is 3.51. The Morgan fingerprint density at radius 3 is 2.50 bits per heavy atom. The first-order valence-electron chi connectivity index (χ1n) is 9.69. The van der Waals surface area contributed by atoms with Gasteiger partial charge in [-0.25, -0.2) is 8.42 Å². The fourth-order valence-corrected chi connectivity index (χ4v) is 5.44. The molecule has 0 radical (unpaired) electrons. The molecule has 1 saturated heterocycles. The second-order valence-corrected chi connectivity index (χ2v) is 9.37. The van der Waals surface area contributed by atoms with E-state index < -0.39 is 10.0 Å². The zero-order valence-corrected chi connectivity index (χ0v) is 17.9. The van der Waals surface area contributed by atoms with Gasteiger partial charge in [-0.15, -0.1) is 0 Å². The lowest BCUT2D eigenvalue weighted by Crippen LogP contribution is -2.41. The van der Waals surface area contributed by atoms with Gasteiger partial charge in [0.15, 0.2) is 5.11 Å². The molecule has 1 fully saturated rings. The summed E-state index contributed by atoms with van der Waals surface area (Å²) in [5.74, 6) is 0. The van der Waals surface area contributed by atoms with Crippen LogP contribution in [-0.2, 0) is 16.4 Å². The summed E-state index contributed by atoms with van der Waals surface area (Å²) in [4.78, 5) is 0.321. The van der Waals surface area contributed by atoms with Gasteiger partial charge in [-0.1, -0.05) is 31.5 Å². The summed E-state index contributed by atoms with van der Waals surface area (Å²) < 4.78 is 27.4. The van der Waals surface area contributed by atoms with Crippen molar-refractivity contribution in [1.82, 2.24) is 4.31 Å². The van der Waals surface area contributed by atoms with Crippen molar-refractivity contribution in [1.29, 1.82) is 0 Å². The third-order valence-electron chi connectivity index (χ3n) is 5.11. The number of sulfonamides is 1. The van der Waals surface area contributed by atoms with E-state index in [-0.39, 0.29) is 6.04 Å². The van der Waals surface area contributed by atoms with Crippen LogP contribution >= 0.6 is 12.2 Å². The zero-order chi connectivity index (χ0) is 20.1. The molecule has 1 aliphatic heterocycles. The van der Waals surface area contributed by atoms with E-state index in [1.165, 1.54) is 5.56 Å². The standard InChI is InChI=1S/C21H27N3O2S2/c1-3-17-9-4-5-10-20(17)23-21(27)22-18-11-13-19(14-12-18)28(25,26)24-15-7-6-8-16(24)2/h4-5,9-14,16H,3,6-8,15H2,1-2H3,(H2,22,23,27). The second-order valence-electron chi connectivity index (χ2n) is 7.07. The monoisotopic (exact) mass is 417 g/mol. The molecule has 0 spiro atoms. The Kier molecular flexibility index (Phi) is 6.69. The molecule has 0 aliphatic carbocycles. The molecule has 7 heteroatoms. The molecule has 1 unspecified atom stereocenters. The summed E-state index contributed by atoms with van der Waals surface area (Å²) in [6.07, 6.45) is 3.83. The molecule has 2 aromatic rings. The number of anilines is 2. The molecule has 1 heterocycles. The predicted molar refractivity (Wildman–Crippen MR) is 119 cm³/mol. The van der Waals surface area contributed by atoms with Gasteiger partial charge in [0.2, 0.25) is 10.0 Å². The van der Waals surface area contributed by atoms with Crippen LogP contribution in [0.1, 0.15) is 38.7 Å².